The van der Waals surface area contributed by atoms with Crippen molar-refractivity contribution in [3.8, 4) is 0 Å². The quantitative estimate of drug-likeness (QED) is 0.867. The Bertz CT molecular complexity index is 519. The topological polar surface area (TPSA) is 57.8 Å². The highest BCUT2D eigenvalue weighted by Crippen LogP contribution is 2.17. The average molecular weight is 243 g/mol. The molecular formula is C14H17N3O. The molecule has 94 valence electrons. The SMILES string of the molecule is CCC(NC(=O)c1cn[nH]c1C)c1ccccc1. The molecule has 18 heavy (non-hydrogen) atoms. The molecule has 1 atom stereocenters. The van der Waals surface area contributed by atoms with Gasteiger partial charge in [-0.25, -0.2) is 0 Å². The van der Waals surface area contributed by atoms with Crippen LogP contribution in [0.4, 0.5) is 0 Å². The predicted molar refractivity (Wildman–Crippen MR) is 70.3 cm³/mol. The monoisotopic (exact) mass is 243 g/mol. The number of aromatic amines is 1. The Kier molecular flexibility index (Phi) is 3.77. The van der Waals surface area contributed by atoms with Gasteiger partial charge < -0.3 is 5.32 Å². The summed E-state index contributed by atoms with van der Waals surface area (Å²) in [6.45, 7) is 3.89. The highest BCUT2D eigenvalue weighted by Gasteiger charge is 2.16. The lowest BCUT2D eigenvalue weighted by Crippen LogP contribution is -2.28. The van der Waals surface area contributed by atoms with Crippen molar-refractivity contribution in [2.75, 3.05) is 0 Å². The van der Waals surface area contributed by atoms with Crippen LogP contribution in [-0.4, -0.2) is 16.1 Å². The van der Waals surface area contributed by atoms with E-state index >= 15 is 0 Å². The molecule has 1 amide bonds. The number of aryl methyl sites for hydroxylation is 1. The van der Waals surface area contributed by atoms with Crippen LogP contribution in [0, 0.1) is 6.92 Å². The third-order valence-electron chi connectivity index (χ3n) is 2.99. The molecule has 4 nitrogen and oxygen atoms in total. The zero-order valence-electron chi connectivity index (χ0n) is 10.6. The molecule has 0 spiro atoms. The molecule has 0 bridgehead atoms. The van der Waals surface area contributed by atoms with Crippen molar-refractivity contribution in [1.29, 1.82) is 0 Å². The van der Waals surface area contributed by atoms with Crippen molar-refractivity contribution in [1.82, 2.24) is 15.5 Å². The van der Waals surface area contributed by atoms with E-state index in [9.17, 15) is 4.79 Å². The van der Waals surface area contributed by atoms with Gasteiger partial charge in [0.15, 0.2) is 0 Å². The Balaban J connectivity index is 2.13. The summed E-state index contributed by atoms with van der Waals surface area (Å²) in [7, 11) is 0. The number of amides is 1. The fraction of sp³-hybridized carbons (Fsp3) is 0.286. The molecule has 1 unspecified atom stereocenters. The molecule has 0 saturated carbocycles. The van der Waals surface area contributed by atoms with Gasteiger partial charge in [0.05, 0.1) is 17.8 Å². The number of aromatic nitrogens is 2. The van der Waals surface area contributed by atoms with Crippen molar-refractivity contribution < 1.29 is 4.79 Å². The van der Waals surface area contributed by atoms with E-state index in [0.717, 1.165) is 17.7 Å². The standard InChI is InChI=1S/C14H17N3O/c1-3-13(11-7-5-4-6-8-11)16-14(18)12-9-15-17-10(12)2/h4-9,13H,3H2,1-2H3,(H,15,17)(H,16,18). The van der Waals surface area contributed by atoms with Gasteiger partial charge in [0.25, 0.3) is 5.91 Å². The molecule has 0 saturated heterocycles. The summed E-state index contributed by atoms with van der Waals surface area (Å²) < 4.78 is 0. The van der Waals surface area contributed by atoms with E-state index < -0.39 is 0 Å². The summed E-state index contributed by atoms with van der Waals surface area (Å²) in [4.78, 5) is 12.1. The van der Waals surface area contributed by atoms with Crippen LogP contribution >= 0.6 is 0 Å². The number of rotatable bonds is 4. The van der Waals surface area contributed by atoms with Crippen molar-refractivity contribution in [2.24, 2.45) is 0 Å². The third kappa shape index (κ3) is 2.59. The summed E-state index contributed by atoms with van der Waals surface area (Å²) in [6.07, 6.45) is 2.41. The van der Waals surface area contributed by atoms with E-state index in [4.69, 9.17) is 0 Å². The lowest BCUT2D eigenvalue weighted by molar-refractivity contribution is 0.0935. The second-order valence-electron chi connectivity index (χ2n) is 4.25. The van der Waals surface area contributed by atoms with Crippen LogP contribution in [0.3, 0.4) is 0 Å². The fourth-order valence-electron chi connectivity index (χ4n) is 1.92. The Morgan fingerprint density at radius 3 is 2.67 bits per heavy atom. The van der Waals surface area contributed by atoms with Crippen LogP contribution in [0.1, 0.15) is 41.0 Å². The molecule has 2 aromatic rings. The minimum Gasteiger partial charge on any atom is -0.345 e. The molecule has 0 aliphatic heterocycles. The van der Waals surface area contributed by atoms with Crippen LogP contribution in [0.15, 0.2) is 36.5 Å². The largest absolute Gasteiger partial charge is 0.345 e. The minimum absolute atomic E-state index is 0.0352. The van der Waals surface area contributed by atoms with Gasteiger partial charge >= 0.3 is 0 Å². The van der Waals surface area contributed by atoms with Gasteiger partial charge in [-0.3, -0.25) is 9.89 Å². The van der Waals surface area contributed by atoms with Crippen LogP contribution in [0.25, 0.3) is 0 Å². The molecule has 0 radical (unpaired) electrons. The summed E-state index contributed by atoms with van der Waals surface area (Å²) >= 11 is 0. The molecular weight excluding hydrogens is 226 g/mol. The number of H-pyrrole nitrogens is 1. The van der Waals surface area contributed by atoms with Crippen molar-refractivity contribution in [2.45, 2.75) is 26.3 Å². The number of carbonyl (C=O) groups is 1. The summed E-state index contributed by atoms with van der Waals surface area (Å²) in [5.74, 6) is -0.0862. The van der Waals surface area contributed by atoms with Gasteiger partial charge in [0, 0.05) is 5.69 Å². The fourth-order valence-corrected chi connectivity index (χ4v) is 1.92. The van der Waals surface area contributed by atoms with Crippen molar-refractivity contribution in [3.05, 3.63) is 53.3 Å². The highest BCUT2D eigenvalue weighted by atomic mass is 16.1. The average Bonchev–Trinajstić information content (AvgIpc) is 2.83. The van der Waals surface area contributed by atoms with Gasteiger partial charge in [-0.1, -0.05) is 37.3 Å². The first-order chi connectivity index (χ1) is 8.72. The van der Waals surface area contributed by atoms with E-state index in [1.165, 1.54) is 0 Å². The van der Waals surface area contributed by atoms with Crippen molar-refractivity contribution in [3.63, 3.8) is 0 Å². The van der Waals surface area contributed by atoms with E-state index in [1.54, 1.807) is 6.20 Å². The maximum absolute atomic E-state index is 12.1. The lowest BCUT2D eigenvalue weighted by atomic mass is 10.0. The Morgan fingerprint density at radius 1 is 1.39 bits per heavy atom. The number of hydrogen-bond acceptors (Lipinski definition) is 2. The first-order valence-corrected chi connectivity index (χ1v) is 6.08. The molecule has 0 aliphatic rings. The second kappa shape index (κ2) is 5.49. The Labute approximate surface area is 106 Å². The maximum atomic E-state index is 12.1. The minimum atomic E-state index is -0.0862. The van der Waals surface area contributed by atoms with Gasteiger partial charge in [-0.2, -0.15) is 5.10 Å². The van der Waals surface area contributed by atoms with Crippen LogP contribution < -0.4 is 5.32 Å². The van der Waals surface area contributed by atoms with Gasteiger partial charge in [0.2, 0.25) is 0 Å². The van der Waals surface area contributed by atoms with Gasteiger partial charge in [-0.05, 0) is 18.9 Å². The van der Waals surface area contributed by atoms with E-state index in [0.29, 0.717) is 5.56 Å². The highest BCUT2D eigenvalue weighted by molar-refractivity contribution is 5.95. The van der Waals surface area contributed by atoms with Crippen molar-refractivity contribution >= 4 is 5.91 Å². The first-order valence-electron chi connectivity index (χ1n) is 6.08. The number of nitrogens with one attached hydrogen (secondary N) is 2. The summed E-state index contributed by atoms with van der Waals surface area (Å²) in [6, 6.07) is 10.0. The normalized spacial score (nSPS) is 12.1. The molecule has 4 heteroatoms. The maximum Gasteiger partial charge on any atom is 0.255 e. The number of carbonyl (C=O) groups excluding carboxylic acids is 1. The summed E-state index contributed by atoms with van der Waals surface area (Å²) in [5.41, 5.74) is 2.51. The van der Waals surface area contributed by atoms with E-state index in [2.05, 4.69) is 22.4 Å². The number of nitrogens with zero attached hydrogens (tertiary/aromatic N) is 1. The van der Waals surface area contributed by atoms with Crippen LogP contribution in [-0.2, 0) is 0 Å². The zero-order chi connectivity index (χ0) is 13.0. The van der Waals surface area contributed by atoms with E-state index in [1.807, 2.05) is 37.3 Å². The smallest absolute Gasteiger partial charge is 0.255 e. The number of benzene rings is 1. The Morgan fingerprint density at radius 2 is 2.11 bits per heavy atom. The molecule has 0 aliphatic carbocycles. The van der Waals surface area contributed by atoms with Gasteiger partial charge in [0.1, 0.15) is 0 Å². The Hall–Kier alpha value is -2.10. The van der Waals surface area contributed by atoms with Crippen LogP contribution in [0.2, 0.25) is 0 Å². The third-order valence-corrected chi connectivity index (χ3v) is 2.99. The first kappa shape index (κ1) is 12.4. The zero-order valence-corrected chi connectivity index (χ0v) is 10.6. The second-order valence-corrected chi connectivity index (χ2v) is 4.25. The van der Waals surface area contributed by atoms with Crippen LogP contribution in [0.5, 0.6) is 0 Å². The lowest BCUT2D eigenvalue weighted by Gasteiger charge is -2.17. The molecule has 1 heterocycles. The predicted octanol–water partition coefficient (Wildman–Crippen LogP) is 2.60. The molecule has 0 fully saturated rings. The molecule has 1 aromatic heterocycles. The summed E-state index contributed by atoms with van der Waals surface area (Å²) in [5, 5.41) is 9.66. The molecule has 2 N–H and O–H groups in total. The molecule has 2 rings (SSSR count). The number of hydrogen-bond donors (Lipinski definition) is 2. The van der Waals surface area contributed by atoms with E-state index in [-0.39, 0.29) is 11.9 Å². The van der Waals surface area contributed by atoms with Gasteiger partial charge in [-0.15, -0.1) is 0 Å². The molecule has 1 aromatic carbocycles.